The van der Waals surface area contributed by atoms with Gasteiger partial charge >= 0.3 is 0 Å². The van der Waals surface area contributed by atoms with E-state index >= 15 is 0 Å². The third-order valence-corrected chi connectivity index (χ3v) is 6.47. The molecule has 0 bridgehead atoms. The second-order valence-electron chi connectivity index (χ2n) is 7.82. The molecular formula is C26H20. The fourth-order valence-corrected chi connectivity index (χ4v) is 5.53. The Bertz CT molecular complexity index is 1080. The van der Waals surface area contributed by atoms with Crippen LogP contribution in [0.2, 0.25) is 0 Å². The van der Waals surface area contributed by atoms with Crippen LogP contribution in [-0.2, 0) is 5.41 Å². The Morgan fingerprint density at radius 1 is 0.692 bits per heavy atom. The first-order valence-electron chi connectivity index (χ1n) is 9.53. The lowest BCUT2D eigenvalue weighted by molar-refractivity contribution is 0.630. The minimum atomic E-state index is -0.113. The SMILES string of the molecule is C[C@@H]1C=CC2=C(C1)C1(c3ccccc32)c2ccccc2-c2ccccc21. The molecule has 0 heterocycles. The molecule has 124 valence electrons. The summed E-state index contributed by atoms with van der Waals surface area (Å²) in [4.78, 5) is 0. The third kappa shape index (κ3) is 1.52. The predicted molar refractivity (Wildman–Crippen MR) is 108 cm³/mol. The van der Waals surface area contributed by atoms with Crippen molar-refractivity contribution in [1.29, 1.82) is 0 Å². The molecule has 3 aliphatic rings. The summed E-state index contributed by atoms with van der Waals surface area (Å²) in [6.07, 6.45) is 5.88. The molecule has 3 aromatic carbocycles. The largest absolute Gasteiger partial charge is 0.0808 e. The Kier molecular flexibility index (Phi) is 2.68. The lowest BCUT2D eigenvalue weighted by atomic mass is 9.67. The summed E-state index contributed by atoms with van der Waals surface area (Å²) in [6, 6.07) is 27.1. The number of allylic oxidation sites excluding steroid dienone is 4. The van der Waals surface area contributed by atoms with Crippen molar-refractivity contribution in [3.05, 3.63) is 113 Å². The van der Waals surface area contributed by atoms with Gasteiger partial charge in [-0.15, -0.1) is 0 Å². The van der Waals surface area contributed by atoms with E-state index in [1.54, 1.807) is 5.57 Å². The summed E-state index contributed by atoms with van der Waals surface area (Å²) in [6.45, 7) is 2.34. The van der Waals surface area contributed by atoms with Crippen molar-refractivity contribution in [2.24, 2.45) is 5.92 Å². The van der Waals surface area contributed by atoms with Crippen LogP contribution in [0.15, 0.2) is 90.5 Å². The van der Waals surface area contributed by atoms with Gasteiger partial charge in [0.15, 0.2) is 0 Å². The van der Waals surface area contributed by atoms with Crippen LogP contribution in [0.3, 0.4) is 0 Å². The molecule has 0 amide bonds. The Labute approximate surface area is 154 Å². The van der Waals surface area contributed by atoms with Crippen LogP contribution < -0.4 is 0 Å². The Morgan fingerprint density at radius 3 is 1.81 bits per heavy atom. The maximum atomic E-state index is 2.38. The van der Waals surface area contributed by atoms with Crippen molar-refractivity contribution < 1.29 is 0 Å². The van der Waals surface area contributed by atoms with E-state index in [0.29, 0.717) is 5.92 Å². The summed E-state index contributed by atoms with van der Waals surface area (Å²) < 4.78 is 0. The number of hydrogen-bond acceptors (Lipinski definition) is 0. The van der Waals surface area contributed by atoms with Crippen molar-refractivity contribution >= 4 is 5.57 Å². The summed E-state index contributed by atoms with van der Waals surface area (Å²) in [7, 11) is 0. The normalized spacial score (nSPS) is 20.7. The van der Waals surface area contributed by atoms with Gasteiger partial charge in [0.25, 0.3) is 0 Å². The highest BCUT2D eigenvalue weighted by atomic mass is 14.5. The molecule has 6 rings (SSSR count). The fourth-order valence-electron chi connectivity index (χ4n) is 5.53. The second kappa shape index (κ2) is 4.86. The molecule has 0 saturated carbocycles. The molecule has 0 fully saturated rings. The van der Waals surface area contributed by atoms with Crippen LogP contribution in [0.5, 0.6) is 0 Å². The van der Waals surface area contributed by atoms with E-state index in [0.717, 1.165) is 6.42 Å². The lowest BCUT2D eigenvalue weighted by Crippen LogP contribution is -2.28. The maximum Gasteiger partial charge on any atom is 0.0688 e. The molecule has 26 heavy (non-hydrogen) atoms. The van der Waals surface area contributed by atoms with E-state index in [4.69, 9.17) is 0 Å². The summed E-state index contributed by atoms with van der Waals surface area (Å²) in [5.74, 6) is 0.583. The molecule has 0 saturated heterocycles. The van der Waals surface area contributed by atoms with Gasteiger partial charge in [0.05, 0.1) is 5.41 Å². The zero-order chi connectivity index (χ0) is 17.3. The van der Waals surface area contributed by atoms with Crippen LogP contribution in [-0.4, -0.2) is 0 Å². The molecule has 0 N–H and O–H groups in total. The van der Waals surface area contributed by atoms with E-state index < -0.39 is 0 Å². The molecule has 0 nitrogen and oxygen atoms in total. The van der Waals surface area contributed by atoms with E-state index in [1.807, 2.05) is 0 Å². The van der Waals surface area contributed by atoms with E-state index in [-0.39, 0.29) is 5.41 Å². The molecule has 3 aromatic rings. The number of hydrogen-bond donors (Lipinski definition) is 0. The second-order valence-corrected chi connectivity index (χ2v) is 7.82. The van der Waals surface area contributed by atoms with Crippen molar-refractivity contribution in [2.45, 2.75) is 18.8 Å². The van der Waals surface area contributed by atoms with E-state index in [2.05, 4.69) is 91.9 Å². The van der Waals surface area contributed by atoms with Gasteiger partial charge < -0.3 is 0 Å². The average Bonchev–Trinajstić information content (AvgIpc) is 3.15. The number of benzene rings is 3. The monoisotopic (exact) mass is 332 g/mol. The van der Waals surface area contributed by atoms with Gasteiger partial charge in [-0.3, -0.25) is 0 Å². The molecule has 0 aliphatic heterocycles. The van der Waals surface area contributed by atoms with Gasteiger partial charge in [-0.25, -0.2) is 0 Å². The molecule has 0 radical (unpaired) electrons. The molecule has 0 aromatic heterocycles. The summed E-state index contributed by atoms with van der Waals surface area (Å²) >= 11 is 0. The quantitative estimate of drug-likeness (QED) is 0.449. The topological polar surface area (TPSA) is 0 Å². The highest BCUT2D eigenvalue weighted by Crippen LogP contribution is 2.63. The van der Waals surface area contributed by atoms with Crippen LogP contribution in [0.4, 0.5) is 0 Å². The lowest BCUT2D eigenvalue weighted by Gasteiger charge is -2.34. The highest BCUT2D eigenvalue weighted by molar-refractivity contribution is 5.96. The Morgan fingerprint density at radius 2 is 1.19 bits per heavy atom. The van der Waals surface area contributed by atoms with Gasteiger partial charge in [-0.05, 0) is 56.9 Å². The average molecular weight is 332 g/mol. The Hall–Kier alpha value is -2.86. The minimum absolute atomic E-state index is 0.113. The van der Waals surface area contributed by atoms with Gasteiger partial charge in [0.2, 0.25) is 0 Å². The maximum absolute atomic E-state index is 2.38. The van der Waals surface area contributed by atoms with Crippen molar-refractivity contribution in [3.8, 4) is 11.1 Å². The smallest absolute Gasteiger partial charge is 0.0688 e. The van der Waals surface area contributed by atoms with Gasteiger partial charge in [-0.2, -0.15) is 0 Å². The van der Waals surface area contributed by atoms with Crippen LogP contribution in [0.25, 0.3) is 16.7 Å². The zero-order valence-electron chi connectivity index (χ0n) is 14.9. The van der Waals surface area contributed by atoms with Crippen LogP contribution in [0, 0.1) is 5.92 Å². The zero-order valence-corrected chi connectivity index (χ0v) is 14.9. The molecule has 3 aliphatic carbocycles. The van der Waals surface area contributed by atoms with E-state index in [1.165, 1.54) is 39.0 Å². The molecule has 1 spiro atoms. The predicted octanol–water partition coefficient (Wildman–Crippen LogP) is 6.36. The van der Waals surface area contributed by atoms with Gasteiger partial charge in [0, 0.05) is 0 Å². The third-order valence-electron chi connectivity index (χ3n) is 6.47. The number of rotatable bonds is 0. The highest BCUT2D eigenvalue weighted by Gasteiger charge is 2.52. The van der Waals surface area contributed by atoms with E-state index in [9.17, 15) is 0 Å². The first kappa shape index (κ1) is 14.3. The van der Waals surface area contributed by atoms with Gasteiger partial charge in [-0.1, -0.05) is 91.9 Å². The number of fused-ring (bicyclic) bond motifs is 9. The first-order valence-corrected chi connectivity index (χ1v) is 9.53. The minimum Gasteiger partial charge on any atom is -0.0808 e. The van der Waals surface area contributed by atoms with Crippen molar-refractivity contribution in [1.82, 2.24) is 0 Å². The molecular weight excluding hydrogens is 312 g/mol. The summed E-state index contributed by atoms with van der Waals surface area (Å²) in [5.41, 5.74) is 11.5. The first-order chi connectivity index (χ1) is 12.8. The summed E-state index contributed by atoms with van der Waals surface area (Å²) in [5, 5.41) is 0. The van der Waals surface area contributed by atoms with Gasteiger partial charge in [0.1, 0.15) is 0 Å². The Balaban J connectivity index is 1.82. The molecule has 0 heteroatoms. The van der Waals surface area contributed by atoms with Crippen molar-refractivity contribution in [2.75, 3.05) is 0 Å². The molecule has 1 atom stereocenters. The van der Waals surface area contributed by atoms with Crippen molar-refractivity contribution in [3.63, 3.8) is 0 Å². The fraction of sp³-hybridized carbons (Fsp3) is 0.154. The molecule has 0 unspecified atom stereocenters. The van der Waals surface area contributed by atoms with Crippen LogP contribution >= 0.6 is 0 Å². The van der Waals surface area contributed by atoms with Crippen LogP contribution in [0.1, 0.15) is 35.6 Å². The standard InChI is InChI=1S/C26H20/c1-17-14-15-21-20-10-4-7-13-24(20)26(25(21)16-17)22-11-5-2-8-18(22)19-9-3-6-12-23(19)26/h2-15,17H,16H2,1H3/t17-/m1/s1.